The van der Waals surface area contributed by atoms with E-state index in [4.69, 9.17) is 4.74 Å². The monoisotopic (exact) mass is 234 g/mol. The molecule has 1 saturated heterocycles. The Morgan fingerprint density at radius 1 is 1.47 bits per heavy atom. The van der Waals surface area contributed by atoms with Gasteiger partial charge in [-0.25, -0.2) is 0 Å². The van der Waals surface area contributed by atoms with Crippen LogP contribution in [0.5, 0.6) is 0 Å². The summed E-state index contributed by atoms with van der Waals surface area (Å²) in [7, 11) is 2.07. The Bertz CT molecular complexity index is 364. The van der Waals surface area contributed by atoms with Crippen LogP contribution in [-0.2, 0) is 11.3 Å². The number of rotatable bonds is 5. The van der Waals surface area contributed by atoms with E-state index >= 15 is 0 Å². The highest BCUT2D eigenvalue weighted by atomic mass is 16.5. The van der Waals surface area contributed by atoms with Gasteiger partial charge >= 0.3 is 0 Å². The summed E-state index contributed by atoms with van der Waals surface area (Å²) >= 11 is 0. The standard InChI is InChI=1S/C14H22N2O/c1-15-14(11-4-5-11)12-6-7-16(9-12)10-13-3-2-8-17-13/h6-7,9,11,13-15H,2-5,8,10H2,1H3. The first-order chi connectivity index (χ1) is 8.36. The first-order valence-corrected chi connectivity index (χ1v) is 6.81. The molecule has 1 aromatic rings. The van der Waals surface area contributed by atoms with Gasteiger partial charge in [-0.15, -0.1) is 0 Å². The van der Waals surface area contributed by atoms with Crippen molar-refractivity contribution >= 4 is 0 Å². The lowest BCUT2D eigenvalue weighted by Gasteiger charge is -2.14. The molecule has 2 heterocycles. The van der Waals surface area contributed by atoms with E-state index in [9.17, 15) is 0 Å². The number of hydrogen-bond donors (Lipinski definition) is 1. The third-order valence-corrected chi connectivity index (χ3v) is 3.98. The van der Waals surface area contributed by atoms with Gasteiger partial charge in [-0.05, 0) is 50.3 Å². The lowest BCUT2D eigenvalue weighted by molar-refractivity contribution is 0.0971. The summed E-state index contributed by atoms with van der Waals surface area (Å²) in [6.45, 7) is 1.96. The summed E-state index contributed by atoms with van der Waals surface area (Å²) in [6.07, 6.45) is 10.1. The molecule has 2 unspecified atom stereocenters. The Hall–Kier alpha value is -0.800. The largest absolute Gasteiger partial charge is 0.376 e. The molecule has 1 aliphatic heterocycles. The van der Waals surface area contributed by atoms with Crippen molar-refractivity contribution in [2.45, 2.75) is 44.4 Å². The van der Waals surface area contributed by atoms with Crippen LogP contribution in [0.4, 0.5) is 0 Å². The zero-order valence-electron chi connectivity index (χ0n) is 10.6. The molecule has 1 saturated carbocycles. The predicted octanol–water partition coefficient (Wildman–Crippen LogP) is 2.34. The number of aromatic nitrogens is 1. The molecule has 0 aromatic carbocycles. The Labute approximate surface area is 103 Å². The fraction of sp³-hybridized carbons (Fsp3) is 0.714. The molecule has 0 spiro atoms. The fourth-order valence-corrected chi connectivity index (χ4v) is 2.88. The summed E-state index contributed by atoms with van der Waals surface area (Å²) in [5.74, 6) is 0.860. The minimum atomic E-state index is 0.434. The summed E-state index contributed by atoms with van der Waals surface area (Å²) < 4.78 is 7.97. The van der Waals surface area contributed by atoms with E-state index < -0.39 is 0 Å². The van der Waals surface area contributed by atoms with Crippen molar-refractivity contribution in [1.29, 1.82) is 0 Å². The van der Waals surface area contributed by atoms with E-state index in [-0.39, 0.29) is 0 Å². The smallest absolute Gasteiger partial charge is 0.0754 e. The number of nitrogens with zero attached hydrogens (tertiary/aromatic N) is 1. The van der Waals surface area contributed by atoms with Crippen LogP contribution < -0.4 is 5.32 Å². The van der Waals surface area contributed by atoms with Gasteiger partial charge in [-0.2, -0.15) is 0 Å². The summed E-state index contributed by atoms with van der Waals surface area (Å²) in [4.78, 5) is 0. The molecule has 2 fully saturated rings. The predicted molar refractivity (Wildman–Crippen MR) is 67.9 cm³/mol. The van der Waals surface area contributed by atoms with Crippen LogP contribution in [0.2, 0.25) is 0 Å². The molecule has 3 nitrogen and oxygen atoms in total. The number of ether oxygens (including phenoxy) is 1. The summed E-state index contributed by atoms with van der Waals surface area (Å²) in [5, 5.41) is 3.44. The van der Waals surface area contributed by atoms with E-state index in [1.54, 1.807) is 0 Å². The van der Waals surface area contributed by atoms with Crippen molar-refractivity contribution in [1.82, 2.24) is 9.88 Å². The number of nitrogens with one attached hydrogen (secondary N) is 1. The highest BCUT2D eigenvalue weighted by Crippen LogP contribution is 2.40. The second-order valence-corrected chi connectivity index (χ2v) is 5.38. The van der Waals surface area contributed by atoms with Crippen molar-refractivity contribution < 1.29 is 4.74 Å². The molecule has 2 aliphatic rings. The molecule has 1 aromatic heterocycles. The Balaban J connectivity index is 1.64. The van der Waals surface area contributed by atoms with E-state index in [2.05, 4.69) is 35.4 Å². The minimum Gasteiger partial charge on any atom is -0.376 e. The molecule has 0 amide bonds. The second kappa shape index (κ2) is 4.83. The lowest BCUT2D eigenvalue weighted by Crippen LogP contribution is -2.18. The Morgan fingerprint density at radius 3 is 3.00 bits per heavy atom. The van der Waals surface area contributed by atoms with Crippen molar-refractivity contribution in [2.75, 3.05) is 13.7 Å². The first kappa shape index (κ1) is 11.3. The molecule has 2 atom stereocenters. The molecular formula is C14H22N2O. The number of hydrogen-bond acceptors (Lipinski definition) is 2. The van der Waals surface area contributed by atoms with Crippen LogP contribution in [0.15, 0.2) is 18.5 Å². The van der Waals surface area contributed by atoms with Crippen LogP contribution in [0, 0.1) is 5.92 Å². The van der Waals surface area contributed by atoms with Crippen molar-refractivity contribution in [3.8, 4) is 0 Å². The second-order valence-electron chi connectivity index (χ2n) is 5.38. The van der Waals surface area contributed by atoms with E-state index in [0.29, 0.717) is 12.1 Å². The van der Waals surface area contributed by atoms with Gasteiger partial charge in [0.2, 0.25) is 0 Å². The van der Waals surface area contributed by atoms with E-state index in [0.717, 1.165) is 19.1 Å². The van der Waals surface area contributed by atoms with Gasteiger partial charge in [0, 0.05) is 31.6 Å². The topological polar surface area (TPSA) is 26.2 Å². The highest BCUT2D eigenvalue weighted by molar-refractivity contribution is 5.18. The third-order valence-electron chi connectivity index (χ3n) is 3.98. The van der Waals surface area contributed by atoms with Gasteiger partial charge < -0.3 is 14.6 Å². The molecule has 1 N–H and O–H groups in total. The molecule has 3 rings (SSSR count). The van der Waals surface area contributed by atoms with Gasteiger partial charge in [0.25, 0.3) is 0 Å². The van der Waals surface area contributed by atoms with Crippen molar-refractivity contribution in [3.05, 3.63) is 24.0 Å². The van der Waals surface area contributed by atoms with Gasteiger partial charge in [-0.3, -0.25) is 0 Å². The van der Waals surface area contributed by atoms with Crippen LogP contribution in [0.3, 0.4) is 0 Å². The molecule has 1 aliphatic carbocycles. The van der Waals surface area contributed by atoms with Crippen LogP contribution in [0.1, 0.15) is 37.3 Å². The minimum absolute atomic E-state index is 0.434. The van der Waals surface area contributed by atoms with Gasteiger partial charge in [0.1, 0.15) is 0 Å². The van der Waals surface area contributed by atoms with Crippen molar-refractivity contribution in [2.24, 2.45) is 5.92 Å². The summed E-state index contributed by atoms with van der Waals surface area (Å²) in [6, 6.07) is 2.81. The SMILES string of the molecule is CNC(c1ccn(CC2CCCO2)c1)C1CC1. The quantitative estimate of drug-likeness (QED) is 0.846. The van der Waals surface area contributed by atoms with Gasteiger partial charge in [0.15, 0.2) is 0 Å². The van der Waals surface area contributed by atoms with Crippen LogP contribution in [-0.4, -0.2) is 24.3 Å². The highest BCUT2D eigenvalue weighted by Gasteiger charge is 2.31. The molecule has 3 heteroatoms. The maximum Gasteiger partial charge on any atom is 0.0754 e. The third kappa shape index (κ3) is 2.55. The Kier molecular flexibility index (Phi) is 3.21. The lowest BCUT2D eigenvalue weighted by atomic mass is 10.1. The fourth-order valence-electron chi connectivity index (χ4n) is 2.88. The van der Waals surface area contributed by atoms with Gasteiger partial charge in [0.05, 0.1) is 6.10 Å². The molecular weight excluding hydrogens is 212 g/mol. The molecule has 0 radical (unpaired) electrons. The molecule has 94 valence electrons. The zero-order chi connectivity index (χ0) is 11.7. The van der Waals surface area contributed by atoms with Crippen LogP contribution in [0.25, 0.3) is 0 Å². The average molecular weight is 234 g/mol. The van der Waals surface area contributed by atoms with Gasteiger partial charge in [-0.1, -0.05) is 0 Å². The van der Waals surface area contributed by atoms with Crippen LogP contribution >= 0.6 is 0 Å². The zero-order valence-corrected chi connectivity index (χ0v) is 10.6. The summed E-state index contributed by atoms with van der Waals surface area (Å²) in [5.41, 5.74) is 1.44. The normalized spacial score (nSPS) is 26.3. The molecule has 0 bridgehead atoms. The van der Waals surface area contributed by atoms with E-state index in [1.165, 1.54) is 31.2 Å². The maximum atomic E-state index is 5.68. The maximum absolute atomic E-state index is 5.68. The van der Waals surface area contributed by atoms with E-state index in [1.807, 2.05) is 0 Å². The average Bonchev–Trinajstić information content (AvgIpc) is 2.86. The first-order valence-electron chi connectivity index (χ1n) is 6.81. The Morgan fingerprint density at radius 2 is 2.35 bits per heavy atom. The molecule has 17 heavy (non-hydrogen) atoms. The van der Waals surface area contributed by atoms with Crippen molar-refractivity contribution in [3.63, 3.8) is 0 Å².